The molecule has 0 N–H and O–H groups in total. The third-order valence-electron chi connectivity index (χ3n) is 6.79. The predicted molar refractivity (Wildman–Crippen MR) is 170 cm³/mol. The van der Waals surface area contributed by atoms with E-state index in [2.05, 4.69) is 20.9 Å². The second kappa shape index (κ2) is 13.2. The highest BCUT2D eigenvalue weighted by Crippen LogP contribution is 2.37. The molecule has 0 bridgehead atoms. The molecular weight excluding hydrogens is 656 g/mol. The van der Waals surface area contributed by atoms with Crippen LogP contribution >= 0.6 is 38.9 Å². The maximum Gasteiger partial charge on any atom is 0.338 e. The molecule has 1 aliphatic heterocycles. The molecule has 3 aromatic carbocycles. The van der Waals surface area contributed by atoms with Crippen molar-refractivity contribution >= 4 is 50.9 Å². The van der Waals surface area contributed by atoms with Crippen LogP contribution in [0.4, 0.5) is 0 Å². The van der Waals surface area contributed by atoms with Crippen molar-refractivity contribution < 1.29 is 23.7 Å². The lowest BCUT2D eigenvalue weighted by Gasteiger charge is -2.24. The minimum atomic E-state index is -0.715. The van der Waals surface area contributed by atoms with Crippen LogP contribution in [0.5, 0.6) is 17.2 Å². The van der Waals surface area contributed by atoms with E-state index < -0.39 is 12.0 Å². The van der Waals surface area contributed by atoms with Crippen LogP contribution in [0, 0.1) is 0 Å². The average molecular weight is 684 g/mol. The standard InChI is InChI=1S/C32H28BrClN2O6S/c1-5-41-31(38)27-18(2)35-32-36(28(27)21-8-12-23(39-3)13-9-21)30(37)26(43-32)16-20-14-24(33)29(25(15-20)40-4)42-17-19-6-10-22(34)11-7-19/h6-16,28H,5,17H2,1-4H3/b26-16-/t28-/m1/s1. The van der Waals surface area contributed by atoms with Gasteiger partial charge in [0.1, 0.15) is 12.4 Å². The molecule has 0 radical (unpaired) electrons. The fourth-order valence-corrected chi connectivity index (χ4v) is 6.49. The van der Waals surface area contributed by atoms with Gasteiger partial charge in [0.05, 0.1) is 47.1 Å². The highest BCUT2D eigenvalue weighted by atomic mass is 79.9. The molecule has 2 heterocycles. The zero-order valence-electron chi connectivity index (χ0n) is 23.9. The van der Waals surface area contributed by atoms with E-state index in [0.29, 0.717) is 54.0 Å². The number of thiazole rings is 1. The van der Waals surface area contributed by atoms with Crippen molar-refractivity contribution in [1.82, 2.24) is 4.57 Å². The van der Waals surface area contributed by atoms with E-state index in [1.54, 1.807) is 56.9 Å². The van der Waals surface area contributed by atoms with Gasteiger partial charge in [0.2, 0.25) is 0 Å². The molecule has 0 amide bonds. The van der Waals surface area contributed by atoms with Crippen molar-refractivity contribution in [3.63, 3.8) is 0 Å². The Balaban J connectivity index is 1.56. The van der Waals surface area contributed by atoms with Crippen LogP contribution in [-0.2, 0) is 16.1 Å². The molecular formula is C32H28BrClN2O6S. The molecule has 1 aliphatic rings. The number of aromatic nitrogens is 1. The molecule has 0 unspecified atom stereocenters. The first-order valence-electron chi connectivity index (χ1n) is 13.3. The minimum absolute atomic E-state index is 0.200. The molecule has 4 aromatic rings. The number of benzene rings is 3. The summed E-state index contributed by atoms with van der Waals surface area (Å²) in [5, 5.41) is 0.653. The zero-order valence-corrected chi connectivity index (χ0v) is 27.0. The summed E-state index contributed by atoms with van der Waals surface area (Å²) in [6.07, 6.45) is 1.77. The molecule has 1 atom stereocenters. The number of carbonyl (C=O) groups excluding carboxylic acids is 1. The summed E-state index contributed by atoms with van der Waals surface area (Å²) in [6, 6.07) is 17.6. The van der Waals surface area contributed by atoms with Crippen LogP contribution in [0.15, 0.2) is 86.2 Å². The summed E-state index contributed by atoms with van der Waals surface area (Å²) in [5.41, 5.74) is 2.94. The maximum atomic E-state index is 14.0. The number of nitrogens with zero attached hydrogens (tertiary/aromatic N) is 2. The fraction of sp³-hybridized carbons (Fsp3) is 0.219. The number of allylic oxidation sites excluding steroid dienone is 1. The summed E-state index contributed by atoms with van der Waals surface area (Å²) in [7, 11) is 3.14. The number of rotatable bonds is 9. The third kappa shape index (κ3) is 6.41. The molecule has 11 heteroatoms. The van der Waals surface area contributed by atoms with Gasteiger partial charge in [-0.25, -0.2) is 9.79 Å². The summed E-state index contributed by atoms with van der Waals surface area (Å²) in [6.45, 7) is 4.01. The first-order chi connectivity index (χ1) is 20.7. The van der Waals surface area contributed by atoms with Crippen LogP contribution in [0.25, 0.3) is 6.08 Å². The normalized spacial score (nSPS) is 14.7. The molecule has 1 aromatic heterocycles. The van der Waals surface area contributed by atoms with Crippen LogP contribution in [0.2, 0.25) is 5.02 Å². The van der Waals surface area contributed by atoms with Gasteiger partial charge >= 0.3 is 5.97 Å². The van der Waals surface area contributed by atoms with Gasteiger partial charge in [0, 0.05) is 5.02 Å². The Morgan fingerprint density at radius 1 is 1.09 bits per heavy atom. The average Bonchev–Trinajstić information content (AvgIpc) is 3.30. The van der Waals surface area contributed by atoms with E-state index in [1.807, 2.05) is 42.5 Å². The Hall–Kier alpha value is -3.86. The Morgan fingerprint density at radius 3 is 2.47 bits per heavy atom. The van der Waals surface area contributed by atoms with Crippen LogP contribution < -0.4 is 29.1 Å². The van der Waals surface area contributed by atoms with Gasteiger partial charge in [0.15, 0.2) is 16.3 Å². The Labute approximate surface area is 265 Å². The van der Waals surface area contributed by atoms with Gasteiger partial charge < -0.3 is 18.9 Å². The van der Waals surface area contributed by atoms with Crippen molar-refractivity contribution in [2.45, 2.75) is 26.5 Å². The molecule has 5 rings (SSSR count). The fourth-order valence-electron chi connectivity index (χ4n) is 4.74. The number of ether oxygens (including phenoxy) is 4. The number of fused-ring (bicyclic) bond motifs is 1. The topological polar surface area (TPSA) is 88.4 Å². The lowest BCUT2D eigenvalue weighted by Crippen LogP contribution is -2.39. The van der Waals surface area contributed by atoms with Gasteiger partial charge in [-0.1, -0.05) is 47.2 Å². The van der Waals surface area contributed by atoms with Gasteiger partial charge in [0.25, 0.3) is 5.56 Å². The van der Waals surface area contributed by atoms with Gasteiger partial charge in [-0.15, -0.1) is 0 Å². The number of hydrogen-bond acceptors (Lipinski definition) is 8. The van der Waals surface area contributed by atoms with Crippen LogP contribution in [-0.4, -0.2) is 31.4 Å². The van der Waals surface area contributed by atoms with Crippen LogP contribution in [0.3, 0.4) is 0 Å². The monoisotopic (exact) mass is 682 g/mol. The van der Waals surface area contributed by atoms with E-state index in [1.165, 1.54) is 11.3 Å². The van der Waals surface area contributed by atoms with E-state index >= 15 is 0 Å². The summed E-state index contributed by atoms with van der Waals surface area (Å²) >= 11 is 10.8. The largest absolute Gasteiger partial charge is 0.497 e. The smallest absolute Gasteiger partial charge is 0.338 e. The second-order valence-corrected chi connectivity index (χ2v) is 11.8. The zero-order chi connectivity index (χ0) is 30.7. The van der Waals surface area contributed by atoms with Crippen molar-refractivity contribution in [3.05, 3.63) is 118 Å². The molecule has 222 valence electrons. The van der Waals surface area contributed by atoms with E-state index in [0.717, 1.165) is 16.7 Å². The molecule has 8 nitrogen and oxygen atoms in total. The molecule has 43 heavy (non-hydrogen) atoms. The first-order valence-corrected chi connectivity index (χ1v) is 15.3. The van der Waals surface area contributed by atoms with E-state index in [4.69, 9.17) is 30.5 Å². The summed E-state index contributed by atoms with van der Waals surface area (Å²) in [5.74, 6) is 1.18. The predicted octanol–water partition coefficient (Wildman–Crippen LogP) is 5.81. The lowest BCUT2D eigenvalue weighted by atomic mass is 9.96. The molecule has 0 saturated carbocycles. The van der Waals surface area contributed by atoms with Crippen LogP contribution in [0.1, 0.15) is 36.6 Å². The quantitative estimate of drug-likeness (QED) is 0.207. The minimum Gasteiger partial charge on any atom is -0.497 e. The molecule has 0 fully saturated rings. The van der Waals surface area contributed by atoms with Crippen molar-refractivity contribution in [3.8, 4) is 17.2 Å². The molecule has 0 spiro atoms. The Bertz CT molecular complexity index is 1880. The van der Waals surface area contributed by atoms with Gasteiger partial charge in [-0.05, 0) is 88.9 Å². The SMILES string of the molecule is CCOC(=O)C1=C(C)N=c2s/c(=C\c3cc(Br)c(OCc4ccc(Cl)cc4)c(OC)c3)c(=O)n2[C@@H]1c1ccc(OC)cc1. The molecule has 0 saturated heterocycles. The maximum absolute atomic E-state index is 14.0. The second-order valence-electron chi connectivity index (χ2n) is 9.52. The van der Waals surface area contributed by atoms with E-state index in [9.17, 15) is 9.59 Å². The van der Waals surface area contributed by atoms with Gasteiger partial charge in [-0.2, -0.15) is 0 Å². The number of methoxy groups -OCH3 is 2. The number of hydrogen-bond donors (Lipinski definition) is 0. The highest BCUT2D eigenvalue weighted by Gasteiger charge is 2.33. The third-order valence-corrected chi connectivity index (χ3v) is 8.62. The lowest BCUT2D eigenvalue weighted by molar-refractivity contribution is -0.139. The van der Waals surface area contributed by atoms with Crippen molar-refractivity contribution in [2.24, 2.45) is 4.99 Å². The number of halogens is 2. The van der Waals surface area contributed by atoms with E-state index in [-0.39, 0.29) is 12.2 Å². The van der Waals surface area contributed by atoms with Crippen molar-refractivity contribution in [2.75, 3.05) is 20.8 Å². The molecule has 0 aliphatic carbocycles. The Kier molecular flexibility index (Phi) is 9.39. The first kappa shape index (κ1) is 30.6. The number of carbonyl (C=O) groups is 1. The Morgan fingerprint density at radius 2 is 1.81 bits per heavy atom. The van der Waals surface area contributed by atoms with Gasteiger partial charge in [-0.3, -0.25) is 9.36 Å². The van der Waals surface area contributed by atoms with Crippen molar-refractivity contribution in [1.29, 1.82) is 0 Å². The summed E-state index contributed by atoms with van der Waals surface area (Å²) < 4.78 is 25.0. The number of esters is 1. The highest BCUT2D eigenvalue weighted by molar-refractivity contribution is 9.10. The summed E-state index contributed by atoms with van der Waals surface area (Å²) in [4.78, 5) is 32.2.